The fourth-order valence-corrected chi connectivity index (χ4v) is 5.09. The summed E-state index contributed by atoms with van der Waals surface area (Å²) in [5.41, 5.74) is 10.1. The van der Waals surface area contributed by atoms with Gasteiger partial charge in [0.05, 0.1) is 33.2 Å². The van der Waals surface area contributed by atoms with Crippen LogP contribution in [0.5, 0.6) is 17.2 Å². The SMILES string of the molecule is COc1cc(OC)c(OC)cc1/C=N/NC(=O)CCn1c(-c2ccccc2)c(-c2ccccc2)c2cc(C)ccc21. The number of nitrogens with one attached hydrogen (secondary N) is 1. The van der Waals surface area contributed by atoms with Crippen molar-refractivity contribution in [2.45, 2.75) is 19.9 Å². The van der Waals surface area contributed by atoms with Crippen LogP contribution in [0.1, 0.15) is 17.5 Å². The highest BCUT2D eigenvalue weighted by molar-refractivity contribution is 6.05. The minimum absolute atomic E-state index is 0.199. The number of hydrogen-bond acceptors (Lipinski definition) is 5. The van der Waals surface area contributed by atoms with Crippen LogP contribution in [0.2, 0.25) is 0 Å². The Hall–Kier alpha value is -5.04. The van der Waals surface area contributed by atoms with Crippen LogP contribution in [-0.2, 0) is 11.3 Å². The van der Waals surface area contributed by atoms with Crippen LogP contribution in [0.25, 0.3) is 33.3 Å². The van der Waals surface area contributed by atoms with Crippen LogP contribution in [0.4, 0.5) is 0 Å². The molecule has 0 aliphatic rings. The second kappa shape index (κ2) is 12.4. The number of ether oxygens (including phenoxy) is 3. The highest BCUT2D eigenvalue weighted by Crippen LogP contribution is 2.41. The molecule has 0 aliphatic carbocycles. The fraction of sp³-hybridized carbons (Fsp3) is 0.176. The van der Waals surface area contributed by atoms with Gasteiger partial charge in [-0.3, -0.25) is 4.79 Å². The molecule has 1 heterocycles. The molecule has 0 radical (unpaired) electrons. The van der Waals surface area contributed by atoms with Gasteiger partial charge in [0.25, 0.3) is 0 Å². The molecule has 0 atom stereocenters. The van der Waals surface area contributed by atoms with E-state index >= 15 is 0 Å². The number of nitrogens with zero attached hydrogens (tertiary/aromatic N) is 2. The molecule has 0 fully saturated rings. The van der Waals surface area contributed by atoms with Crippen molar-refractivity contribution in [3.05, 3.63) is 102 Å². The number of aryl methyl sites for hydroxylation is 2. The molecule has 4 aromatic carbocycles. The van der Waals surface area contributed by atoms with Crippen LogP contribution >= 0.6 is 0 Å². The van der Waals surface area contributed by atoms with E-state index in [1.165, 1.54) is 11.8 Å². The molecule has 0 bridgehead atoms. The molecule has 1 amide bonds. The van der Waals surface area contributed by atoms with Crippen molar-refractivity contribution in [2.24, 2.45) is 5.10 Å². The Morgan fingerprint density at radius 1 is 0.805 bits per heavy atom. The van der Waals surface area contributed by atoms with Gasteiger partial charge in [-0.25, -0.2) is 5.43 Å². The van der Waals surface area contributed by atoms with Crippen molar-refractivity contribution < 1.29 is 19.0 Å². The zero-order valence-corrected chi connectivity index (χ0v) is 23.7. The van der Waals surface area contributed by atoms with Gasteiger partial charge in [-0.15, -0.1) is 0 Å². The van der Waals surface area contributed by atoms with E-state index in [1.54, 1.807) is 33.5 Å². The molecule has 1 aromatic heterocycles. The van der Waals surface area contributed by atoms with Crippen LogP contribution in [0, 0.1) is 6.92 Å². The van der Waals surface area contributed by atoms with Gasteiger partial charge in [-0.1, -0.05) is 72.3 Å². The largest absolute Gasteiger partial charge is 0.496 e. The molecule has 208 valence electrons. The smallest absolute Gasteiger partial charge is 0.241 e. The first kappa shape index (κ1) is 27.5. The van der Waals surface area contributed by atoms with Gasteiger partial charge in [0, 0.05) is 41.1 Å². The molecule has 0 spiro atoms. The van der Waals surface area contributed by atoms with Gasteiger partial charge < -0.3 is 18.8 Å². The molecule has 0 saturated carbocycles. The number of rotatable bonds is 10. The minimum atomic E-state index is -0.199. The number of hydrazone groups is 1. The minimum Gasteiger partial charge on any atom is -0.496 e. The van der Waals surface area contributed by atoms with E-state index in [0.717, 1.165) is 33.3 Å². The predicted molar refractivity (Wildman–Crippen MR) is 164 cm³/mol. The predicted octanol–water partition coefficient (Wildman–Crippen LogP) is 6.85. The molecular formula is C34H33N3O4. The summed E-state index contributed by atoms with van der Waals surface area (Å²) in [7, 11) is 4.69. The molecular weight excluding hydrogens is 514 g/mol. The zero-order valence-electron chi connectivity index (χ0n) is 23.7. The van der Waals surface area contributed by atoms with Crippen molar-refractivity contribution in [1.29, 1.82) is 0 Å². The lowest BCUT2D eigenvalue weighted by Crippen LogP contribution is -2.19. The van der Waals surface area contributed by atoms with E-state index in [4.69, 9.17) is 14.2 Å². The van der Waals surface area contributed by atoms with Crippen LogP contribution in [0.15, 0.2) is 96.1 Å². The first-order chi connectivity index (χ1) is 20.0. The van der Waals surface area contributed by atoms with Crippen molar-refractivity contribution in [3.63, 3.8) is 0 Å². The van der Waals surface area contributed by atoms with Crippen molar-refractivity contribution in [2.75, 3.05) is 21.3 Å². The number of methoxy groups -OCH3 is 3. The lowest BCUT2D eigenvalue weighted by Gasteiger charge is -2.13. The first-order valence-electron chi connectivity index (χ1n) is 13.4. The number of carbonyl (C=O) groups excluding carboxylic acids is 1. The van der Waals surface area contributed by atoms with Gasteiger partial charge in [0.15, 0.2) is 11.5 Å². The Kier molecular flexibility index (Phi) is 8.34. The number of benzene rings is 4. The summed E-state index contributed by atoms with van der Waals surface area (Å²) >= 11 is 0. The van der Waals surface area contributed by atoms with Crippen LogP contribution in [-0.4, -0.2) is 38.0 Å². The second-order valence-electron chi connectivity index (χ2n) is 9.62. The molecule has 1 N–H and O–H groups in total. The quantitative estimate of drug-likeness (QED) is 0.153. The lowest BCUT2D eigenvalue weighted by molar-refractivity contribution is -0.121. The van der Waals surface area contributed by atoms with E-state index in [0.29, 0.717) is 29.4 Å². The molecule has 0 aliphatic heterocycles. The summed E-state index contributed by atoms with van der Waals surface area (Å²) in [6.45, 7) is 2.59. The van der Waals surface area contributed by atoms with E-state index in [9.17, 15) is 4.79 Å². The Balaban J connectivity index is 1.45. The normalized spacial score (nSPS) is 11.1. The van der Waals surface area contributed by atoms with Gasteiger partial charge >= 0.3 is 0 Å². The maximum absolute atomic E-state index is 13.0. The number of carbonyl (C=O) groups is 1. The number of aromatic nitrogens is 1. The monoisotopic (exact) mass is 547 g/mol. The summed E-state index contributed by atoms with van der Waals surface area (Å²) in [6, 6.07) is 30.7. The van der Waals surface area contributed by atoms with Gasteiger partial charge in [-0.05, 0) is 36.2 Å². The average molecular weight is 548 g/mol. The van der Waals surface area contributed by atoms with Crippen LogP contribution < -0.4 is 19.6 Å². The highest BCUT2D eigenvalue weighted by atomic mass is 16.5. The summed E-state index contributed by atoms with van der Waals surface area (Å²) in [5.74, 6) is 1.44. The third-order valence-corrected chi connectivity index (χ3v) is 7.02. The Labute approximate surface area is 240 Å². The Morgan fingerprint density at radius 3 is 2.10 bits per heavy atom. The first-order valence-corrected chi connectivity index (χ1v) is 13.4. The molecule has 7 nitrogen and oxygen atoms in total. The molecule has 7 heteroatoms. The zero-order chi connectivity index (χ0) is 28.8. The molecule has 0 saturated heterocycles. The van der Waals surface area contributed by atoms with Gasteiger partial charge in [0.2, 0.25) is 5.91 Å². The van der Waals surface area contributed by atoms with Crippen molar-refractivity contribution in [1.82, 2.24) is 9.99 Å². The van der Waals surface area contributed by atoms with E-state index < -0.39 is 0 Å². The van der Waals surface area contributed by atoms with Crippen LogP contribution in [0.3, 0.4) is 0 Å². The highest BCUT2D eigenvalue weighted by Gasteiger charge is 2.20. The van der Waals surface area contributed by atoms with Gasteiger partial charge in [-0.2, -0.15) is 5.10 Å². The number of amides is 1. The average Bonchev–Trinajstić information content (AvgIpc) is 3.33. The van der Waals surface area contributed by atoms with Crippen molar-refractivity contribution >= 4 is 23.0 Å². The summed E-state index contributed by atoms with van der Waals surface area (Å²) in [5, 5.41) is 5.35. The fourth-order valence-electron chi connectivity index (χ4n) is 5.09. The topological polar surface area (TPSA) is 74.1 Å². The number of fused-ring (bicyclic) bond motifs is 1. The molecule has 0 unspecified atom stereocenters. The third kappa shape index (κ3) is 5.79. The summed E-state index contributed by atoms with van der Waals surface area (Å²) < 4.78 is 18.4. The number of hydrogen-bond donors (Lipinski definition) is 1. The van der Waals surface area contributed by atoms with E-state index in [-0.39, 0.29) is 12.3 Å². The van der Waals surface area contributed by atoms with E-state index in [2.05, 4.69) is 76.6 Å². The molecule has 5 rings (SSSR count). The third-order valence-electron chi connectivity index (χ3n) is 7.02. The lowest BCUT2D eigenvalue weighted by atomic mass is 9.98. The Bertz CT molecular complexity index is 1690. The summed E-state index contributed by atoms with van der Waals surface area (Å²) in [4.78, 5) is 13.0. The van der Waals surface area contributed by atoms with E-state index in [1.807, 2.05) is 24.3 Å². The van der Waals surface area contributed by atoms with Gasteiger partial charge in [0.1, 0.15) is 5.75 Å². The summed E-state index contributed by atoms with van der Waals surface area (Å²) in [6.07, 6.45) is 1.78. The standard InChI is InChI=1S/C34H33N3O4/c1-23-15-16-28-27(19-23)33(24-11-7-5-8-12-24)34(25-13-9-6-10-14-25)37(28)18-17-32(38)36-35-22-26-20-30(40-3)31(41-4)21-29(26)39-2/h5-16,19-22H,17-18H2,1-4H3,(H,36,38)/b35-22+. The Morgan fingerprint density at radius 2 is 1.44 bits per heavy atom. The van der Waals surface area contributed by atoms with Crippen molar-refractivity contribution in [3.8, 4) is 39.6 Å². The second-order valence-corrected chi connectivity index (χ2v) is 9.62. The maximum Gasteiger partial charge on any atom is 0.241 e. The molecule has 5 aromatic rings. The maximum atomic E-state index is 13.0. The molecule has 41 heavy (non-hydrogen) atoms.